The second-order valence-corrected chi connectivity index (χ2v) is 5.57. The molecule has 2 fully saturated rings. The van der Waals surface area contributed by atoms with E-state index in [1.54, 1.807) is 0 Å². The van der Waals surface area contributed by atoms with Crippen molar-refractivity contribution in [2.45, 2.75) is 70.2 Å². The van der Waals surface area contributed by atoms with Gasteiger partial charge < -0.3 is 5.32 Å². The van der Waals surface area contributed by atoms with E-state index in [1.165, 1.54) is 19.3 Å². The third-order valence-electron chi connectivity index (χ3n) is 4.17. The van der Waals surface area contributed by atoms with Crippen LogP contribution in [0.2, 0.25) is 0 Å². The Morgan fingerprint density at radius 2 is 2.06 bits per heavy atom. The Morgan fingerprint density at radius 1 is 1.31 bits per heavy atom. The van der Waals surface area contributed by atoms with Gasteiger partial charge in [0.1, 0.15) is 6.17 Å². The molecule has 0 spiro atoms. The minimum atomic E-state index is -0.615. The summed E-state index contributed by atoms with van der Waals surface area (Å²) in [6.07, 6.45) is 5.12. The average molecular weight is 228 g/mol. The van der Waals surface area contributed by atoms with Crippen LogP contribution >= 0.6 is 0 Å². The maximum Gasteiger partial charge on any atom is 0.117 e. The SMILES string of the molecule is CC(C)N(CCC1NCCC1F)C1CCC1. The van der Waals surface area contributed by atoms with E-state index < -0.39 is 6.17 Å². The summed E-state index contributed by atoms with van der Waals surface area (Å²) in [7, 11) is 0. The van der Waals surface area contributed by atoms with E-state index in [9.17, 15) is 4.39 Å². The smallest absolute Gasteiger partial charge is 0.117 e. The standard InChI is InChI=1S/C13H25FN2/c1-10(2)16(11-4-3-5-11)9-7-13-12(14)6-8-15-13/h10-13,15H,3-9H2,1-2H3. The highest BCUT2D eigenvalue weighted by Gasteiger charge is 2.30. The monoisotopic (exact) mass is 228 g/mol. The maximum atomic E-state index is 13.5. The highest BCUT2D eigenvalue weighted by molar-refractivity contribution is 4.87. The van der Waals surface area contributed by atoms with E-state index in [4.69, 9.17) is 0 Å². The van der Waals surface area contributed by atoms with Gasteiger partial charge in [-0.1, -0.05) is 6.42 Å². The van der Waals surface area contributed by atoms with E-state index >= 15 is 0 Å². The summed E-state index contributed by atoms with van der Waals surface area (Å²) >= 11 is 0. The Morgan fingerprint density at radius 3 is 2.50 bits per heavy atom. The molecule has 1 N–H and O–H groups in total. The number of nitrogens with zero attached hydrogens (tertiary/aromatic N) is 1. The lowest BCUT2D eigenvalue weighted by Gasteiger charge is -2.40. The Labute approximate surface area is 98.6 Å². The largest absolute Gasteiger partial charge is 0.311 e. The maximum absolute atomic E-state index is 13.5. The lowest BCUT2D eigenvalue weighted by molar-refractivity contribution is 0.0869. The summed E-state index contributed by atoms with van der Waals surface area (Å²) in [5.74, 6) is 0. The molecule has 2 nitrogen and oxygen atoms in total. The first-order valence-corrected chi connectivity index (χ1v) is 6.81. The molecule has 0 aromatic carbocycles. The van der Waals surface area contributed by atoms with Gasteiger partial charge in [-0.05, 0) is 46.1 Å². The first-order valence-electron chi connectivity index (χ1n) is 6.81. The van der Waals surface area contributed by atoms with E-state index in [0.717, 1.165) is 25.6 Å². The zero-order chi connectivity index (χ0) is 11.5. The first kappa shape index (κ1) is 12.3. The molecule has 1 aliphatic heterocycles. The van der Waals surface area contributed by atoms with Crippen LogP contribution in [0, 0.1) is 0 Å². The van der Waals surface area contributed by atoms with Crippen molar-refractivity contribution in [1.29, 1.82) is 0 Å². The van der Waals surface area contributed by atoms with Crippen LogP contribution < -0.4 is 5.32 Å². The van der Waals surface area contributed by atoms with E-state index in [0.29, 0.717) is 12.5 Å². The molecule has 0 bridgehead atoms. The summed E-state index contributed by atoms with van der Waals surface area (Å²) in [6, 6.07) is 1.49. The van der Waals surface area contributed by atoms with Crippen LogP contribution in [-0.4, -0.2) is 42.3 Å². The first-order chi connectivity index (χ1) is 7.68. The molecular weight excluding hydrogens is 203 g/mol. The number of hydrogen-bond donors (Lipinski definition) is 1. The van der Waals surface area contributed by atoms with Crippen LogP contribution in [0.15, 0.2) is 0 Å². The molecule has 2 rings (SSSR count). The van der Waals surface area contributed by atoms with Crippen LogP contribution in [0.25, 0.3) is 0 Å². The fraction of sp³-hybridized carbons (Fsp3) is 1.00. The molecule has 16 heavy (non-hydrogen) atoms. The Kier molecular flexibility index (Phi) is 4.20. The lowest BCUT2D eigenvalue weighted by atomic mass is 9.90. The Balaban J connectivity index is 1.77. The average Bonchev–Trinajstić information content (AvgIpc) is 2.55. The highest BCUT2D eigenvalue weighted by atomic mass is 19.1. The minimum absolute atomic E-state index is 0.112. The normalized spacial score (nSPS) is 31.3. The summed E-state index contributed by atoms with van der Waals surface area (Å²) < 4.78 is 13.5. The van der Waals surface area contributed by atoms with Gasteiger partial charge in [0.05, 0.1) is 0 Å². The van der Waals surface area contributed by atoms with Gasteiger partial charge >= 0.3 is 0 Å². The van der Waals surface area contributed by atoms with E-state index in [-0.39, 0.29) is 6.04 Å². The molecule has 0 aromatic heterocycles. The van der Waals surface area contributed by atoms with Crippen molar-refractivity contribution >= 4 is 0 Å². The van der Waals surface area contributed by atoms with Gasteiger partial charge in [-0.15, -0.1) is 0 Å². The van der Waals surface area contributed by atoms with Crippen molar-refractivity contribution in [2.24, 2.45) is 0 Å². The summed E-state index contributed by atoms with van der Waals surface area (Å²) in [5.41, 5.74) is 0. The van der Waals surface area contributed by atoms with E-state index in [2.05, 4.69) is 24.1 Å². The van der Waals surface area contributed by atoms with Gasteiger partial charge in [-0.2, -0.15) is 0 Å². The molecule has 94 valence electrons. The van der Waals surface area contributed by atoms with Crippen LogP contribution in [0.3, 0.4) is 0 Å². The van der Waals surface area contributed by atoms with Crippen LogP contribution in [-0.2, 0) is 0 Å². The van der Waals surface area contributed by atoms with Crippen molar-refractivity contribution in [1.82, 2.24) is 10.2 Å². The number of nitrogens with one attached hydrogen (secondary N) is 1. The zero-order valence-electron chi connectivity index (χ0n) is 10.6. The quantitative estimate of drug-likeness (QED) is 0.777. The van der Waals surface area contributed by atoms with Crippen LogP contribution in [0.4, 0.5) is 4.39 Å². The molecule has 1 saturated carbocycles. The molecule has 1 aliphatic carbocycles. The third kappa shape index (κ3) is 2.75. The van der Waals surface area contributed by atoms with Crippen molar-refractivity contribution < 1.29 is 4.39 Å². The molecule has 1 saturated heterocycles. The topological polar surface area (TPSA) is 15.3 Å². The molecule has 2 aliphatic rings. The number of hydrogen-bond acceptors (Lipinski definition) is 2. The summed E-state index contributed by atoms with van der Waals surface area (Å²) in [6.45, 7) is 6.43. The minimum Gasteiger partial charge on any atom is -0.311 e. The molecular formula is C13H25FN2. The summed E-state index contributed by atoms with van der Waals surface area (Å²) in [5, 5.41) is 3.27. The predicted molar refractivity (Wildman–Crippen MR) is 65.4 cm³/mol. The van der Waals surface area contributed by atoms with E-state index in [1.807, 2.05) is 0 Å². The molecule has 1 heterocycles. The Hall–Kier alpha value is -0.150. The van der Waals surface area contributed by atoms with Crippen molar-refractivity contribution in [3.63, 3.8) is 0 Å². The van der Waals surface area contributed by atoms with Crippen LogP contribution in [0.5, 0.6) is 0 Å². The molecule has 3 heteroatoms. The van der Waals surface area contributed by atoms with Gasteiger partial charge in [-0.25, -0.2) is 4.39 Å². The molecule has 0 amide bonds. The van der Waals surface area contributed by atoms with Gasteiger partial charge in [0.25, 0.3) is 0 Å². The third-order valence-corrected chi connectivity index (χ3v) is 4.17. The summed E-state index contributed by atoms with van der Waals surface area (Å²) in [4.78, 5) is 2.57. The van der Waals surface area contributed by atoms with Crippen molar-refractivity contribution in [3.8, 4) is 0 Å². The van der Waals surface area contributed by atoms with Gasteiger partial charge in [-0.3, -0.25) is 4.90 Å². The number of alkyl halides is 1. The highest BCUT2D eigenvalue weighted by Crippen LogP contribution is 2.27. The predicted octanol–water partition coefficient (Wildman–Crippen LogP) is 2.34. The second kappa shape index (κ2) is 5.46. The molecule has 2 unspecified atom stereocenters. The zero-order valence-corrected chi connectivity index (χ0v) is 10.6. The van der Waals surface area contributed by atoms with Gasteiger partial charge in [0.15, 0.2) is 0 Å². The molecule has 2 atom stereocenters. The van der Waals surface area contributed by atoms with Crippen molar-refractivity contribution in [2.75, 3.05) is 13.1 Å². The van der Waals surface area contributed by atoms with Crippen LogP contribution in [0.1, 0.15) is 46.0 Å². The van der Waals surface area contributed by atoms with Gasteiger partial charge in [0, 0.05) is 24.7 Å². The van der Waals surface area contributed by atoms with Crippen molar-refractivity contribution in [3.05, 3.63) is 0 Å². The van der Waals surface area contributed by atoms with Gasteiger partial charge in [0.2, 0.25) is 0 Å². The molecule has 0 aromatic rings. The second-order valence-electron chi connectivity index (χ2n) is 5.57. The number of rotatable bonds is 5. The number of halogens is 1. The fourth-order valence-electron chi connectivity index (χ4n) is 2.89. The fourth-order valence-corrected chi connectivity index (χ4v) is 2.89. The Bertz CT molecular complexity index is 216. The molecule has 0 radical (unpaired) electrons. The lowest BCUT2D eigenvalue weighted by Crippen LogP contribution is -2.46.